The number of aromatic nitrogens is 3. The number of nitrogens with zero attached hydrogens (tertiary/aromatic N) is 1. The van der Waals surface area contributed by atoms with Gasteiger partial charge >= 0.3 is 0 Å². The minimum atomic E-state index is -3.60. The third-order valence-corrected chi connectivity index (χ3v) is 5.46. The van der Waals surface area contributed by atoms with Gasteiger partial charge in [0.2, 0.25) is 10.0 Å². The summed E-state index contributed by atoms with van der Waals surface area (Å²) in [5, 5.41) is 7.68. The summed E-state index contributed by atoms with van der Waals surface area (Å²) in [6.45, 7) is 5.56. The maximum atomic E-state index is 12.5. The zero-order valence-corrected chi connectivity index (χ0v) is 13.5. The van der Waals surface area contributed by atoms with Crippen molar-refractivity contribution in [2.45, 2.75) is 32.2 Å². The largest absolute Gasteiger partial charge is 0.358 e. The number of aryl methyl sites for hydroxylation is 3. The molecule has 0 spiro atoms. The molecular weight excluding hydrogens is 300 g/mol. The summed E-state index contributed by atoms with van der Waals surface area (Å²) in [6, 6.07) is 7.85. The second-order valence-corrected chi connectivity index (χ2v) is 7.07. The molecule has 0 fully saturated rings. The lowest BCUT2D eigenvalue weighted by Gasteiger charge is -2.07. The topological polar surface area (TPSA) is 90.6 Å². The van der Waals surface area contributed by atoms with Crippen molar-refractivity contribution >= 4 is 20.9 Å². The maximum Gasteiger partial charge on any atom is 0.244 e. The van der Waals surface area contributed by atoms with Gasteiger partial charge in [-0.2, -0.15) is 5.10 Å². The molecule has 0 unspecified atom stereocenters. The van der Waals surface area contributed by atoms with Crippen LogP contribution in [0.25, 0.3) is 10.9 Å². The SMILES string of the molecule is Cc1n[nH]c(C)c1S(=O)(=O)NCc1c(C)[nH]c2ccccc12. The average molecular weight is 318 g/mol. The van der Waals surface area contributed by atoms with E-state index in [-0.39, 0.29) is 11.4 Å². The molecule has 0 aliphatic heterocycles. The molecule has 0 saturated carbocycles. The molecule has 0 aliphatic carbocycles. The first-order valence-electron chi connectivity index (χ1n) is 6.97. The molecule has 0 aliphatic rings. The quantitative estimate of drug-likeness (QED) is 0.689. The monoisotopic (exact) mass is 318 g/mol. The summed E-state index contributed by atoms with van der Waals surface area (Å²) in [7, 11) is -3.60. The van der Waals surface area contributed by atoms with Gasteiger partial charge in [-0.15, -0.1) is 0 Å². The molecule has 22 heavy (non-hydrogen) atoms. The number of hydrogen-bond donors (Lipinski definition) is 3. The third kappa shape index (κ3) is 2.42. The van der Waals surface area contributed by atoms with E-state index in [1.54, 1.807) is 13.8 Å². The van der Waals surface area contributed by atoms with Gasteiger partial charge in [0.05, 0.1) is 11.4 Å². The van der Waals surface area contributed by atoms with Crippen molar-refractivity contribution in [3.63, 3.8) is 0 Å². The zero-order valence-electron chi connectivity index (χ0n) is 12.7. The molecule has 2 aromatic heterocycles. The number of benzene rings is 1. The Hall–Kier alpha value is -2.12. The van der Waals surface area contributed by atoms with Gasteiger partial charge < -0.3 is 4.98 Å². The summed E-state index contributed by atoms with van der Waals surface area (Å²) in [5.41, 5.74) is 3.94. The van der Waals surface area contributed by atoms with E-state index < -0.39 is 10.0 Å². The van der Waals surface area contributed by atoms with Gasteiger partial charge in [0.1, 0.15) is 4.90 Å². The lowest BCUT2D eigenvalue weighted by molar-refractivity contribution is 0.580. The van der Waals surface area contributed by atoms with Crippen molar-refractivity contribution in [2.75, 3.05) is 0 Å². The van der Waals surface area contributed by atoms with Crippen LogP contribution in [0.4, 0.5) is 0 Å². The van der Waals surface area contributed by atoms with Crippen LogP contribution >= 0.6 is 0 Å². The first-order valence-corrected chi connectivity index (χ1v) is 8.46. The number of rotatable bonds is 4. The van der Waals surface area contributed by atoms with Gasteiger partial charge in [-0.3, -0.25) is 5.10 Å². The third-order valence-electron chi connectivity index (χ3n) is 3.80. The Morgan fingerprint density at radius 2 is 1.86 bits per heavy atom. The molecule has 3 rings (SSSR count). The number of nitrogens with one attached hydrogen (secondary N) is 3. The smallest absolute Gasteiger partial charge is 0.244 e. The Kier molecular flexibility index (Phi) is 3.54. The highest BCUT2D eigenvalue weighted by molar-refractivity contribution is 7.89. The molecule has 116 valence electrons. The number of H-pyrrole nitrogens is 2. The van der Waals surface area contributed by atoms with Crippen LogP contribution in [0.2, 0.25) is 0 Å². The molecule has 1 aromatic carbocycles. The molecule has 0 amide bonds. The number of aromatic amines is 2. The van der Waals surface area contributed by atoms with Gasteiger partial charge in [0, 0.05) is 23.1 Å². The lowest BCUT2D eigenvalue weighted by atomic mass is 10.1. The predicted molar refractivity (Wildman–Crippen MR) is 85.1 cm³/mol. The van der Waals surface area contributed by atoms with E-state index in [1.807, 2.05) is 31.2 Å². The minimum Gasteiger partial charge on any atom is -0.358 e. The summed E-state index contributed by atoms with van der Waals surface area (Å²) < 4.78 is 27.7. The Morgan fingerprint density at radius 1 is 1.14 bits per heavy atom. The summed E-state index contributed by atoms with van der Waals surface area (Å²) in [5.74, 6) is 0. The second-order valence-electron chi connectivity index (χ2n) is 5.36. The van der Waals surface area contributed by atoms with E-state index in [4.69, 9.17) is 0 Å². The van der Waals surface area contributed by atoms with Crippen LogP contribution in [0.5, 0.6) is 0 Å². The van der Waals surface area contributed by atoms with E-state index >= 15 is 0 Å². The highest BCUT2D eigenvalue weighted by Gasteiger charge is 2.22. The molecule has 6 nitrogen and oxygen atoms in total. The van der Waals surface area contributed by atoms with Crippen LogP contribution in [-0.2, 0) is 16.6 Å². The number of sulfonamides is 1. The van der Waals surface area contributed by atoms with Crippen molar-refractivity contribution in [2.24, 2.45) is 0 Å². The second kappa shape index (κ2) is 5.26. The van der Waals surface area contributed by atoms with Crippen LogP contribution in [0.1, 0.15) is 22.6 Å². The van der Waals surface area contributed by atoms with E-state index in [0.717, 1.165) is 22.2 Å². The van der Waals surface area contributed by atoms with Crippen LogP contribution in [0.15, 0.2) is 29.2 Å². The van der Waals surface area contributed by atoms with Crippen molar-refractivity contribution in [3.05, 3.63) is 46.9 Å². The van der Waals surface area contributed by atoms with Gasteiger partial charge in [-0.25, -0.2) is 13.1 Å². The van der Waals surface area contributed by atoms with Crippen LogP contribution < -0.4 is 4.72 Å². The van der Waals surface area contributed by atoms with E-state index in [9.17, 15) is 8.42 Å². The van der Waals surface area contributed by atoms with Gasteiger partial charge in [0.15, 0.2) is 0 Å². The fourth-order valence-corrected chi connectivity index (χ4v) is 4.10. The van der Waals surface area contributed by atoms with Crippen LogP contribution in [0.3, 0.4) is 0 Å². The average Bonchev–Trinajstić information content (AvgIpc) is 2.96. The highest BCUT2D eigenvalue weighted by Crippen LogP contribution is 2.23. The summed E-state index contributed by atoms with van der Waals surface area (Å²) in [4.78, 5) is 3.49. The van der Waals surface area contributed by atoms with E-state index in [1.165, 1.54) is 0 Å². The summed E-state index contributed by atoms with van der Waals surface area (Å²) in [6.07, 6.45) is 0. The van der Waals surface area contributed by atoms with Gasteiger partial charge in [-0.05, 0) is 32.4 Å². The molecule has 0 bridgehead atoms. The fourth-order valence-electron chi connectivity index (χ4n) is 2.74. The number of fused-ring (bicyclic) bond motifs is 1. The standard InChI is InChI=1S/C15H18N4O2S/c1-9-13(12-6-4-5-7-14(12)17-9)8-16-22(20,21)15-10(2)18-19-11(15)3/h4-7,16-17H,8H2,1-3H3,(H,18,19). The normalized spacial score (nSPS) is 12.1. The van der Waals surface area contributed by atoms with Crippen molar-refractivity contribution in [1.29, 1.82) is 0 Å². The van der Waals surface area contributed by atoms with Crippen molar-refractivity contribution in [1.82, 2.24) is 19.9 Å². The fraction of sp³-hybridized carbons (Fsp3) is 0.267. The number of para-hydroxylation sites is 1. The van der Waals surface area contributed by atoms with Gasteiger partial charge in [0.25, 0.3) is 0 Å². The lowest BCUT2D eigenvalue weighted by Crippen LogP contribution is -2.24. The van der Waals surface area contributed by atoms with Crippen molar-refractivity contribution < 1.29 is 8.42 Å². The molecule has 3 aromatic rings. The summed E-state index contributed by atoms with van der Waals surface area (Å²) >= 11 is 0. The van der Waals surface area contributed by atoms with Crippen molar-refractivity contribution in [3.8, 4) is 0 Å². The first-order chi connectivity index (χ1) is 10.4. The molecule has 0 saturated heterocycles. The van der Waals surface area contributed by atoms with Gasteiger partial charge in [-0.1, -0.05) is 18.2 Å². The molecule has 0 atom stereocenters. The first kappa shape index (κ1) is 14.8. The minimum absolute atomic E-state index is 0.227. The molecule has 3 N–H and O–H groups in total. The Labute approximate surface area is 129 Å². The predicted octanol–water partition coefficient (Wildman–Crippen LogP) is 2.29. The number of hydrogen-bond acceptors (Lipinski definition) is 3. The Bertz CT molecular complexity index is 918. The van der Waals surface area contributed by atoms with E-state index in [0.29, 0.717) is 11.4 Å². The highest BCUT2D eigenvalue weighted by atomic mass is 32.2. The Morgan fingerprint density at radius 3 is 2.55 bits per heavy atom. The van der Waals surface area contributed by atoms with E-state index in [2.05, 4.69) is 19.9 Å². The zero-order chi connectivity index (χ0) is 15.9. The molecular formula is C15H18N4O2S. The Balaban J connectivity index is 1.93. The molecule has 2 heterocycles. The molecule has 0 radical (unpaired) electrons. The van der Waals surface area contributed by atoms with Crippen LogP contribution in [-0.4, -0.2) is 23.6 Å². The maximum absolute atomic E-state index is 12.5. The molecule has 7 heteroatoms. The van der Waals surface area contributed by atoms with Crippen LogP contribution in [0, 0.1) is 20.8 Å².